The maximum Gasteiger partial charge on any atom is 0.254 e. The fraction of sp³-hybridized carbons (Fsp3) is 0.548. The van der Waals surface area contributed by atoms with Crippen molar-refractivity contribution in [3.63, 3.8) is 0 Å². The van der Waals surface area contributed by atoms with Gasteiger partial charge in [0.2, 0.25) is 5.91 Å². The molecule has 0 bridgehead atoms. The Morgan fingerprint density at radius 2 is 1.62 bits per heavy atom. The number of nitrogens with one attached hydrogen (secondary N) is 1. The molecule has 3 aliphatic rings. The van der Waals surface area contributed by atoms with Crippen LogP contribution in [0.25, 0.3) is 0 Å². The molecule has 1 saturated heterocycles. The highest BCUT2D eigenvalue weighted by Gasteiger charge is 2.46. The number of rotatable bonds is 10. The molecule has 0 spiro atoms. The molecule has 3 heterocycles. The van der Waals surface area contributed by atoms with Crippen LogP contribution < -0.4 is 14.8 Å². The van der Waals surface area contributed by atoms with Crippen LogP contribution in [0.15, 0.2) is 36.4 Å². The zero-order chi connectivity index (χ0) is 27.4. The van der Waals surface area contributed by atoms with E-state index in [4.69, 9.17) is 9.47 Å². The first kappa shape index (κ1) is 27.5. The van der Waals surface area contributed by atoms with Crippen LogP contribution in [-0.4, -0.2) is 92.1 Å². The van der Waals surface area contributed by atoms with Crippen LogP contribution in [0.1, 0.15) is 66.2 Å². The molecule has 210 valence electrons. The van der Waals surface area contributed by atoms with E-state index in [0.29, 0.717) is 44.0 Å². The SMILES string of the molecule is CCOc1cc2c(cc1OCC)[C@@H]1[C@@H](C(=O)NCCCN3CCN(CC)CC3)c3ccccc3C(=O)N1CC2. The van der Waals surface area contributed by atoms with E-state index >= 15 is 0 Å². The zero-order valence-corrected chi connectivity index (χ0v) is 23.6. The fourth-order valence-corrected chi connectivity index (χ4v) is 6.31. The molecular formula is C31H42N4O4. The predicted molar refractivity (Wildman–Crippen MR) is 152 cm³/mol. The lowest BCUT2D eigenvalue weighted by Gasteiger charge is -2.45. The van der Waals surface area contributed by atoms with Gasteiger partial charge in [-0.3, -0.25) is 9.59 Å². The van der Waals surface area contributed by atoms with Crippen molar-refractivity contribution in [3.05, 3.63) is 58.7 Å². The second-order valence-electron chi connectivity index (χ2n) is 10.5. The topological polar surface area (TPSA) is 74.4 Å². The van der Waals surface area contributed by atoms with Gasteiger partial charge < -0.3 is 29.5 Å². The first-order chi connectivity index (χ1) is 19.0. The van der Waals surface area contributed by atoms with Crippen LogP contribution in [0.3, 0.4) is 0 Å². The number of nitrogens with zero attached hydrogens (tertiary/aromatic N) is 3. The minimum atomic E-state index is -0.488. The molecule has 39 heavy (non-hydrogen) atoms. The van der Waals surface area contributed by atoms with Gasteiger partial charge in [-0.2, -0.15) is 0 Å². The molecule has 2 aromatic rings. The van der Waals surface area contributed by atoms with Crippen LogP contribution >= 0.6 is 0 Å². The molecule has 0 radical (unpaired) electrons. The Hall–Kier alpha value is -3.10. The summed E-state index contributed by atoms with van der Waals surface area (Å²) >= 11 is 0. The summed E-state index contributed by atoms with van der Waals surface area (Å²) in [5.41, 5.74) is 3.52. The smallest absolute Gasteiger partial charge is 0.254 e. The number of ether oxygens (including phenoxy) is 2. The van der Waals surface area contributed by atoms with Gasteiger partial charge in [-0.05, 0) is 74.7 Å². The number of carbonyl (C=O) groups is 2. The molecule has 0 unspecified atom stereocenters. The lowest BCUT2D eigenvalue weighted by atomic mass is 9.75. The second-order valence-corrected chi connectivity index (χ2v) is 10.5. The van der Waals surface area contributed by atoms with Gasteiger partial charge in [0, 0.05) is 44.8 Å². The number of hydrogen-bond donors (Lipinski definition) is 1. The quantitative estimate of drug-likeness (QED) is 0.471. The highest BCUT2D eigenvalue weighted by atomic mass is 16.5. The van der Waals surface area contributed by atoms with Gasteiger partial charge in [0.1, 0.15) is 0 Å². The number of benzene rings is 2. The Morgan fingerprint density at radius 3 is 2.33 bits per heavy atom. The average Bonchev–Trinajstić information content (AvgIpc) is 2.96. The molecule has 0 aliphatic carbocycles. The molecule has 3 aliphatic heterocycles. The van der Waals surface area contributed by atoms with Crippen LogP contribution in [0.4, 0.5) is 0 Å². The molecular weight excluding hydrogens is 492 g/mol. The van der Waals surface area contributed by atoms with Crippen LogP contribution in [0.5, 0.6) is 11.5 Å². The van der Waals surface area contributed by atoms with Crippen molar-refractivity contribution in [2.24, 2.45) is 0 Å². The van der Waals surface area contributed by atoms with Crippen LogP contribution in [-0.2, 0) is 11.2 Å². The Morgan fingerprint density at radius 1 is 0.923 bits per heavy atom. The predicted octanol–water partition coefficient (Wildman–Crippen LogP) is 3.46. The molecule has 2 aromatic carbocycles. The molecule has 0 aromatic heterocycles. The third kappa shape index (κ3) is 5.63. The standard InChI is InChI=1S/C31H42N4O4/c1-4-33-16-18-34(19-17-33)14-9-13-32-30(36)28-23-10-7-8-11-24(23)31(37)35-15-12-22-20-26(38-5-2)27(39-6-3)21-25(22)29(28)35/h7-8,10-11,20-21,28-29H,4-6,9,12-19H2,1-3H3,(H,32,36)/t28-,29+/m0/s1. The van der Waals surface area contributed by atoms with Crippen molar-refractivity contribution in [1.82, 2.24) is 20.0 Å². The molecule has 2 amide bonds. The van der Waals surface area contributed by atoms with Gasteiger partial charge in [-0.1, -0.05) is 25.1 Å². The highest BCUT2D eigenvalue weighted by Crippen LogP contribution is 2.48. The van der Waals surface area contributed by atoms with E-state index < -0.39 is 5.92 Å². The first-order valence-electron chi connectivity index (χ1n) is 14.6. The lowest BCUT2D eigenvalue weighted by molar-refractivity contribution is -0.124. The monoisotopic (exact) mass is 534 g/mol. The van der Waals surface area contributed by atoms with Crippen molar-refractivity contribution in [2.75, 3.05) is 65.6 Å². The summed E-state index contributed by atoms with van der Waals surface area (Å²) in [5.74, 6) is 0.853. The summed E-state index contributed by atoms with van der Waals surface area (Å²) in [6.07, 6.45) is 1.62. The molecule has 2 atom stereocenters. The van der Waals surface area contributed by atoms with Gasteiger partial charge in [-0.25, -0.2) is 0 Å². The minimum Gasteiger partial charge on any atom is -0.490 e. The van der Waals surface area contributed by atoms with E-state index in [0.717, 1.165) is 68.1 Å². The van der Waals surface area contributed by atoms with Crippen molar-refractivity contribution >= 4 is 11.8 Å². The number of fused-ring (bicyclic) bond motifs is 4. The Labute approximate surface area is 232 Å². The van der Waals surface area contributed by atoms with Crippen molar-refractivity contribution in [1.29, 1.82) is 0 Å². The Kier molecular flexibility index (Phi) is 8.72. The fourth-order valence-electron chi connectivity index (χ4n) is 6.31. The summed E-state index contributed by atoms with van der Waals surface area (Å²) in [6.45, 7) is 14.8. The molecule has 1 N–H and O–H groups in total. The number of amides is 2. The Balaban J connectivity index is 1.38. The van der Waals surface area contributed by atoms with Gasteiger partial charge in [-0.15, -0.1) is 0 Å². The normalized spacial score (nSPS) is 21.1. The number of carbonyl (C=O) groups excluding carboxylic acids is 2. The molecule has 0 saturated carbocycles. The van der Waals surface area contributed by atoms with Crippen molar-refractivity contribution in [2.45, 2.75) is 45.6 Å². The third-order valence-corrected chi connectivity index (χ3v) is 8.33. The van der Waals surface area contributed by atoms with E-state index in [1.165, 1.54) is 0 Å². The summed E-state index contributed by atoms with van der Waals surface area (Å²) in [7, 11) is 0. The van der Waals surface area contributed by atoms with Gasteiger partial charge in [0.25, 0.3) is 5.91 Å². The summed E-state index contributed by atoms with van der Waals surface area (Å²) < 4.78 is 11.8. The summed E-state index contributed by atoms with van der Waals surface area (Å²) in [4.78, 5) is 34.4. The number of hydrogen-bond acceptors (Lipinski definition) is 6. The average molecular weight is 535 g/mol. The maximum atomic E-state index is 13.9. The van der Waals surface area contributed by atoms with Gasteiger partial charge in [0.05, 0.1) is 25.2 Å². The largest absolute Gasteiger partial charge is 0.490 e. The number of likely N-dealkylation sites (N-methyl/N-ethyl adjacent to an activating group) is 1. The van der Waals surface area contributed by atoms with E-state index in [-0.39, 0.29) is 17.9 Å². The molecule has 5 rings (SSSR count). The molecule has 1 fully saturated rings. The summed E-state index contributed by atoms with van der Waals surface area (Å²) in [6, 6.07) is 11.2. The van der Waals surface area contributed by atoms with E-state index in [1.54, 1.807) is 0 Å². The zero-order valence-electron chi connectivity index (χ0n) is 23.6. The van der Waals surface area contributed by atoms with Gasteiger partial charge in [0.15, 0.2) is 11.5 Å². The minimum absolute atomic E-state index is 0.0108. The number of piperazine rings is 1. The Bertz CT molecular complexity index is 1180. The summed E-state index contributed by atoms with van der Waals surface area (Å²) in [5, 5.41) is 3.23. The van der Waals surface area contributed by atoms with Crippen LogP contribution in [0.2, 0.25) is 0 Å². The lowest BCUT2D eigenvalue weighted by Crippen LogP contribution is -2.50. The molecule has 8 nitrogen and oxygen atoms in total. The highest BCUT2D eigenvalue weighted by molar-refractivity contribution is 6.01. The maximum absolute atomic E-state index is 13.9. The van der Waals surface area contributed by atoms with Crippen molar-refractivity contribution in [3.8, 4) is 11.5 Å². The first-order valence-corrected chi connectivity index (χ1v) is 14.6. The van der Waals surface area contributed by atoms with Crippen LogP contribution in [0, 0.1) is 0 Å². The van der Waals surface area contributed by atoms with E-state index in [2.05, 4.69) is 22.0 Å². The van der Waals surface area contributed by atoms with Crippen molar-refractivity contribution < 1.29 is 19.1 Å². The van der Waals surface area contributed by atoms with E-state index in [9.17, 15) is 9.59 Å². The molecule has 8 heteroatoms. The van der Waals surface area contributed by atoms with E-state index in [1.807, 2.05) is 55.1 Å². The van der Waals surface area contributed by atoms with Gasteiger partial charge >= 0.3 is 0 Å². The second kappa shape index (κ2) is 12.4. The third-order valence-electron chi connectivity index (χ3n) is 8.33.